The van der Waals surface area contributed by atoms with Crippen LogP contribution in [0.4, 0.5) is 10.2 Å². The first-order valence-electron chi connectivity index (χ1n) is 7.75. The number of carbonyl (C=O) groups is 1. The number of nitrogens with one attached hydrogen (secondary N) is 2. The molecule has 1 atom stereocenters. The van der Waals surface area contributed by atoms with Gasteiger partial charge in [0.1, 0.15) is 11.6 Å². The molecule has 0 aliphatic carbocycles. The maximum Gasteiger partial charge on any atom is 0.239 e. The summed E-state index contributed by atoms with van der Waals surface area (Å²) in [5.41, 5.74) is 9.00. The van der Waals surface area contributed by atoms with Gasteiger partial charge in [-0.2, -0.15) is 0 Å². The zero-order valence-electron chi connectivity index (χ0n) is 13.3. The van der Waals surface area contributed by atoms with Gasteiger partial charge in [0.2, 0.25) is 5.91 Å². The quantitative estimate of drug-likeness (QED) is 0.731. The molecule has 0 spiro atoms. The summed E-state index contributed by atoms with van der Waals surface area (Å²) in [6, 6.07) is 8.70. The second-order valence-electron chi connectivity index (χ2n) is 5.74. The Morgan fingerprint density at radius 2 is 2.25 bits per heavy atom. The minimum absolute atomic E-state index is 0.0866. The number of rotatable bonds is 5. The normalized spacial score (nSPS) is 16.8. The molecular weight excluding hydrogens is 307 g/mol. The summed E-state index contributed by atoms with van der Waals surface area (Å²) in [4.78, 5) is 15.6. The largest absolute Gasteiger partial charge is 0.322 e. The van der Waals surface area contributed by atoms with Crippen molar-refractivity contribution in [3.63, 3.8) is 0 Å². The van der Waals surface area contributed by atoms with Gasteiger partial charge in [-0.05, 0) is 47.9 Å². The molecule has 1 aromatic carbocycles. The third-order valence-corrected chi connectivity index (χ3v) is 3.81. The highest BCUT2D eigenvalue weighted by atomic mass is 19.1. The molecule has 0 radical (unpaired) electrons. The van der Waals surface area contributed by atoms with Gasteiger partial charge in [0.25, 0.3) is 0 Å². The van der Waals surface area contributed by atoms with Crippen molar-refractivity contribution in [1.82, 2.24) is 10.3 Å². The number of aryl methyl sites for hydroxylation is 1. The minimum atomic E-state index is -0.289. The smallest absolute Gasteiger partial charge is 0.239 e. The molecule has 6 heteroatoms. The first-order valence-corrected chi connectivity index (χ1v) is 7.75. The number of nitrogens with zero attached hydrogens (tertiary/aromatic N) is 1. The third-order valence-electron chi connectivity index (χ3n) is 3.81. The van der Waals surface area contributed by atoms with Crippen LogP contribution in [0, 0.1) is 12.7 Å². The van der Waals surface area contributed by atoms with E-state index in [0.29, 0.717) is 11.9 Å². The van der Waals surface area contributed by atoms with E-state index in [2.05, 4.69) is 21.7 Å². The average molecular weight is 326 g/mol. The Morgan fingerprint density at radius 3 is 2.83 bits per heavy atom. The highest BCUT2D eigenvalue weighted by molar-refractivity contribution is 5.91. The van der Waals surface area contributed by atoms with E-state index >= 15 is 0 Å². The topological polar surface area (TPSA) is 90.0 Å². The number of benzene rings is 1. The zero-order chi connectivity index (χ0) is 17.1. The number of nitrogens with two attached hydrogens (primary N) is 1. The van der Waals surface area contributed by atoms with Crippen LogP contribution in [0.1, 0.15) is 16.7 Å². The molecule has 5 nitrogen and oxygen atoms in total. The van der Waals surface area contributed by atoms with Gasteiger partial charge in [0.15, 0.2) is 0 Å². The van der Waals surface area contributed by atoms with E-state index in [1.165, 1.54) is 12.1 Å². The fraction of sp³-hybridized carbons (Fsp3) is 0.222. The molecule has 24 heavy (non-hydrogen) atoms. The van der Waals surface area contributed by atoms with Gasteiger partial charge < -0.3 is 16.4 Å². The highest BCUT2D eigenvalue weighted by Crippen LogP contribution is 2.28. The van der Waals surface area contributed by atoms with Crippen molar-refractivity contribution in [3.05, 3.63) is 65.1 Å². The van der Waals surface area contributed by atoms with Crippen molar-refractivity contribution < 1.29 is 9.18 Å². The molecule has 1 aromatic heterocycles. The van der Waals surface area contributed by atoms with Crippen molar-refractivity contribution in [2.75, 3.05) is 18.4 Å². The van der Waals surface area contributed by atoms with E-state index in [4.69, 9.17) is 5.73 Å². The Morgan fingerprint density at radius 1 is 1.46 bits per heavy atom. The fourth-order valence-corrected chi connectivity index (χ4v) is 2.48. The lowest BCUT2D eigenvalue weighted by Crippen LogP contribution is -2.22. The Hall–Kier alpha value is -2.57. The molecule has 2 heterocycles. The van der Waals surface area contributed by atoms with Gasteiger partial charge >= 0.3 is 0 Å². The molecule has 4 N–H and O–H groups in total. The first kappa shape index (κ1) is 16.3. The molecule has 0 saturated carbocycles. The molecule has 1 aliphatic heterocycles. The van der Waals surface area contributed by atoms with Crippen LogP contribution in [0.15, 0.2) is 42.6 Å². The van der Waals surface area contributed by atoms with Crippen LogP contribution in [0.25, 0.3) is 5.57 Å². The van der Waals surface area contributed by atoms with E-state index in [1.807, 2.05) is 13.0 Å². The standard InChI is InChI=1S/C18H19FN4O/c1-11-6-13(19)3-4-15(11)16(7-14-10-21-14)12-2-5-17(22-9-12)23-18(24)8-20/h2-7,9,14,21H,8,10,20H2,1H3,(H,22,23,24)/b16-7-. The summed E-state index contributed by atoms with van der Waals surface area (Å²) in [6.07, 6.45) is 3.82. The van der Waals surface area contributed by atoms with Gasteiger partial charge in [0, 0.05) is 24.3 Å². The van der Waals surface area contributed by atoms with Crippen LogP contribution < -0.4 is 16.4 Å². The van der Waals surface area contributed by atoms with Crippen molar-refractivity contribution in [1.29, 1.82) is 0 Å². The zero-order valence-corrected chi connectivity index (χ0v) is 13.3. The van der Waals surface area contributed by atoms with Gasteiger partial charge in [-0.15, -0.1) is 0 Å². The number of anilines is 1. The van der Waals surface area contributed by atoms with Crippen LogP contribution in [0.5, 0.6) is 0 Å². The van der Waals surface area contributed by atoms with Crippen LogP contribution in [-0.4, -0.2) is 30.0 Å². The predicted molar refractivity (Wildman–Crippen MR) is 91.9 cm³/mol. The number of pyridine rings is 1. The van der Waals surface area contributed by atoms with Crippen LogP contribution in [-0.2, 0) is 4.79 Å². The number of carbonyl (C=O) groups excluding carboxylic acids is 1. The lowest BCUT2D eigenvalue weighted by atomic mass is 9.94. The summed E-state index contributed by atoms with van der Waals surface area (Å²) >= 11 is 0. The minimum Gasteiger partial charge on any atom is -0.322 e. The summed E-state index contributed by atoms with van der Waals surface area (Å²) in [5, 5.41) is 5.85. The van der Waals surface area contributed by atoms with Gasteiger partial charge in [-0.25, -0.2) is 9.37 Å². The highest BCUT2D eigenvalue weighted by Gasteiger charge is 2.20. The predicted octanol–water partition coefficient (Wildman–Crippen LogP) is 1.83. The molecule has 2 aromatic rings. The SMILES string of the molecule is Cc1cc(F)ccc1/C(=C\C1CN1)c1ccc(NC(=O)CN)nc1. The number of aromatic nitrogens is 1. The average Bonchev–Trinajstić information content (AvgIpc) is 3.38. The Kier molecular flexibility index (Phi) is 4.69. The maximum atomic E-state index is 13.4. The molecule has 1 aliphatic rings. The molecule has 3 rings (SSSR count). The van der Waals surface area contributed by atoms with E-state index in [1.54, 1.807) is 18.3 Å². The van der Waals surface area contributed by atoms with E-state index in [-0.39, 0.29) is 18.3 Å². The fourth-order valence-electron chi connectivity index (χ4n) is 2.48. The summed E-state index contributed by atoms with van der Waals surface area (Å²) in [7, 11) is 0. The lowest BCUT2D eigenvalue weighted by Gasteiger charge is -2.12. The third kappa shape index (κ3) is 3.84. The Balaban J connectivity index is 1.93. The van der Waals surface area contributed by atoms with Gasteiger partial charge in [-0.3, -0.25) is 4.79 Å². The molecular formula is C18H19FN4O. The van der Waals surface area contributed by atoms with Crippen molar-refractivity contribution >= 4 is 17.3 Å². The maximum absolute atomic E-state index is 13.4. The van der Waals surface area contributed by atoms with E-state index in [9.17, 15) is 9.18 Å². The molecule has 1 fully saturated rings. The second-order valence-corrected chi connectivity index (χ2v) is 5.74. The van der Waals surface area contributed by atoms with Crippen molar-refractivity contribution in [3.8, 4) is 0 Å². The van der Waals surface area contributed by atoms with Crippen molar-refractivity contribution in [2.24, 2.45) is 5.73 Å². The summed E-state index contributed by atoms with van der Waals surface area (Å²) < 4.78 is 13.4. The number of hydrogen-bond donors (Lipinski definition) is 3. The van der Waals surface area contributed by atoms with Crippen molar-refractivity contribution in [2.45, 2.75) is 13.0 Å². The van der Waals surface area contributed by atoms with Crippen LogP contribution in [0.3, 0.4) is 0 Å². The van der Waals surface area contributed by atoms with Gasteiger partial charge in [0.05, 0.1) is 6.54 Å². The molecule has 124 valence electrons. The monoisotopic (exact) mass is 326 g/mol. The summed E-state index contributed by atoms with van der Waals surface area (Å²) in [5.74, 6) is -0.0883. The Labute approximate surface area is 139 Å². The lowest BCUT2D eigenvalue weighted by molar-refractivity contribution is -0.114. The summed E-state index contributed by atoms with van der Waals surface area (Å²) in [6.45, 7) is 2.73. The molecule has 1 amide bonds. The molecule has 1 unspecified atom stereocenters. The number of amides is 1. The van der Waals surface area contributed by atoms with Crippen LogP contribution >= 0.6 is 0 Å². The van der Waals surface area contributed by atoms with Crippen LogP contribution in [0.2, 0.25) is 0 Å². The van der Waals surface area contributed by atoms with Gasteiger partial charge in [-0.1, -0.05) is 12.1 Å². The second kappa shape index (κ2) is 6.90. The van der Waals surface area contributed by atoms with E-state index < -0.39 is 0 Å². The Bertz CT molecular complexity index is 782. The van der Waals surface area contributed by atoms with E-state index in [0.717, 1.165) is 28.8 Å². The number of hydrogen-bond acceptors (Lipinski definition) is 4. The molecule has 0 bridgehead atoms. The first-order chi connectivity index (χ1) is 11.6. The molecule has 1 saturated heterocycles. The number of halogens is 1.